The third-order valence-corrected chi connectivity index (χ3v) is 3.90. The summed E-state index contributed by atoms with van der Waals surface area (Å²) in [7, 11) is 0. The second-order valence-electron chi connectivity index (χ2n) is 5.06. The maximum absolute atomic E-state index is 5.40. The molecule has 2 fully saturated rings. The topological polar surface area (TPSA) is 37.4 Å². The molecule has 4 nitrogen and oxygen atoms in total. The van der Waals surface area contributed by atoms with Crippen LogP contribution >= 0.6 is 0 Å². The molecule has 0 spiro atoms. The molecule has 1 N–H and O–H groups in total. The van der Waals surface area contributed by atoms with Crippen LogP contribution in [0.5, 0.6) is 0 Å². The molecule has 1 aromatic rings. The number of pyridine rings is 1. The van der Waals surface area contributed by atoms with Crippen molar-refractivity contribution in [3.05, 3.63) is 24.0 Å². The molecule has 1 aromatic heterocycles. The lowest BCUT2D eigenvalue weighted by atomic mass is 9.94. The predicted octanol–water partition coefficient (Wildman–Crippen LogP) is 1.39. The highest BCUT2D eigenvalue weighted by Gasteiger charge is 2.18. The Bertz CT molecular complexity index is 351. The van der Waals surface area contributed by atoms with E-state index in [1.165, 1.54) is 24.2 Å². The first-order chi connectivity index (χ1) is 8.93. The second kappa shape index (κ2) is 5.67. The molecular formula is C14H21N3O. The summed E-state index contributed by atoms with van der Waals surface area (Å²) in [5, 5.41) is 3.41. The van der Waals surface area contributed by atoms with Gasteiger partial charge in [-0.2, -0.15) is 0 Å². The van der Waals surface area contributed by atoms with Crippen LogP contribution in [0.3, 0.4) is 0 Å². The van der Waals surface area contributed by atoms with E-state index < -0.39 is 0 Å². The summed E-state index contributed by atoms with van der Waals surface area (Å²) < 4.78 is 5.40. The molecule has 0 unspecified atom stereocenters. The molecule has 0 bridgehead atoms. The summed E-state index contributed by atoms with van der Waals surface area (Å²) in [6.45, 7) is 5.91. The van der Waals surface area contributed by atoms with E-state index in [0.29, 0.717) is 5.92 Å². The van der Waals surface area contributed by atoms with Crippen LogP contribution in [-0.4, -0.2) is 44.4 Å². The molecule has 0 saturated carbocycles. The van der Waals surface area contributed by atoms with E-state index in [-0.39, 0.29) is 0 Å². The van der Waals surface area contributed by atoms with Gasteiger partial charge in [-0.25, -0.2) is 0 Å². The zero-order chi connectivity index (χ0) is 12.2. The molecule has 3 rings (SSSR count). The van der Waals surface area contributed by atoms with Gasteiger partial charge >= 0.3 is 0 Å². The highest BCUT2D eigenvalue weighted by molar-refractivity contribution is 5.47. The van der Waals surface area contributed by atoms with Gasteiger partial charge in [-0.15, -0.1) is 0 Å². The fourth-order valence-corrected chi connectivity index (χ4v) is 2.80. The Morgan fingerprint density at radius 1 is 1.22 bits per heavy atom. The Labute approximate surface area is 108 Å². The Hall–Kier alpha value is -1.13. The lowest BCUT2D eigenvalue weighted by molar-refractivity contribution is 0.122. The van der Waals surface area contributed by atoms with Gasteiger partial charge in [-0.05, 0) is 38.1 Å². The van der Waals surface area contributed by atoms with Crippen LogP contribution in [0.2, 0.25) is 0 Å². The van der Waals surface area contributed by atoms with E-state index in [4.69, 9.17) is 4.74 Å². The molecule has 0 amide bonds. The van der Waals surface area contributed by atoms with Crippen molar-refractivity contribution in [2.24, 2.45) is 0 Å². The second-order valence-corrected chi connectivity index (χ2v) is 5.06. The van der Waals surface area contributed by atoms with Crippen LogP contribution in [-0.2, 0) is 4.74 Å². The van der Waals surface area contributed by atoms with E-state index >= 15 is 0 Å². The molecule has 98 valence electrons. The summed E-state index contributed by atoms with van der Waals surface area (Å²) in [6.07, 6.45) is 4.38. The number of nitrogens with zero attached hydrogens (tertiary/aromatic N) is 2. The molecule has 4 heteroatoms. The van der Waals surface area contributed by atoms with Crippen molar-refractivity contribution in [1.82, 2.24) is 10.3 Å². The summed E-state index contributed by atoms with van der Waals surface area (Å²) in [6, 6.07) is 4.40. The molecule has 0 atom stereocenters. The van der Waals surface area contributed by atoms with Gasteiger partial charge in [0.2, 0.25) is 0 Å². The van der Waals surface area contributed by atoms with Crippen LogP contribution < -0.4 is 10.2 Å². The quantitative estimate of drug-likeness (QED) is 0.857. The normalized spacial score (nSPS) is 22.1. The summed E-state index contributed by atoms with van der Waals surface area (Å²) in [5.74, 6) is 0.632. The number of hydrogen-bond donors (Lipinski definition) is 1. The number of anilines is 1. The third-order valence-electron chi connectivity index (χ3n) is 3.90. The highest BCUT2D eigenvalue weighted by atomic mass is 16.5. The fourth-order valence-electron chi connectivity index (χ4n) is 2.80. The zero-order valence-electron chi connectivity index (χ0n) is 10.8. The SMILES string of the molecule is c1cc(N2CCOCC2)cc(C2CCNCC2)n1. The van der Waals surface area contributed by atoms with E-state index in [0.717, 1.165) is 39.4 Å². The van der Waals surface area contributed by atoms with E-state index in [1.807, 2.05) is 6.20 Å². The van der Waals surface area contributed by atoms with Gasteiger partial charge in [-0.1, -0.05) is 0 Å². The Morgan fingerprint density at radius 2 is 2.00 bits per heavy atom. The molecule has 2 aliphatic rings. The fraction of sp³-hybridized carbons (Fsp3) is 0.643. The number of nitrogens with one attached hydrogen (secondary N) is 1. The third kappa shape index (κ3) is 2.65. The number of rotatable bonds is 2. The minimum absolute atomic E-state index is 0.632. The van der Waals surface area contributed by atoms with Crippen LogP contribution in [0, 0.1) is 0 Å². The smallest absolute Gasteiger partial charge is 0.0642 e. The predicted molar refractivity (Wildman–Crippen MR) is 72.1 cm³/mol. The maximum Gasteiger partial charge on any atom is 0.0642 e. The first-order valence-corrected chi connectivity index (χ1v) is 6.93. The first-order valence-electron chi connectivity index (χ1n) is 6.93. The number of piperidine rings is 1. The van der Waals surface area contributed by atoms with Gasteiger partial charge in [-0.3, -0.25) is 4.98 Å². The minimum atomic E-state index is 0.632. The van der Waals surface area contributed by atoms with Crippen molar-refractivity contribution in [2.75, 3.05) is 44.3 Å². The summed E-state index contributed by atoms with van der Waals surface area (Å²) in [4.78, 5) is 6.97. The number of ether oxygens (including phenoxy) is 1. The molecular weight excluding hydrogens is 226 g/mol. The average Bonchev–Trinajstić information content (AvgIpc) is 2.49. The maximum atomic E-state index is 5.40. The van der Waals surface area contributed by atoms with Gasteiger partial charge in [0.1, 0.15) is 0 Å². The zero-order valence-corrected chi connectivity index (χ0v) is 10.8. The van der Waals surface area contributed by atoms with E-state index in [9.17, 15) is 0 Å². The molecule has 2 saturated heterocycles. The molecule has 18 heavy (non-hydrogen) atoms. The van der Waals surface area contributed by atoms with Gasteiger partial charge in [0, 0.05) is 36.6 Å². The summed E-state index contributed by atoms with van der Waals surface area (Å²) in [5.41, 5.74) is 2.57. The van der Waals surface area contributed by atoms with Crippen molar-refractivity contribution >= 4 is 5.69 Å². The van der Waals surface area contributed by atoms with Crippen molar-refractivity contribution in [3.8, 4) is 0 Å². The molecule has 3 heterocycles. The van der Waals surface area contributed by atoms with Crippen LogP contribution in [0.4, 0.5) is 5.69 Å². The Kier molecular flexibility index (Phi) is 3.76. The van der Waals surface area contributed by atoms with Gasteiger partial charge < -0.3 is 15.0 Å². The van der Waals surface area contributed by atoms with E-state index in [2.05, 4.69) is 27.3 Å². The largest absolute Gasteiger partial charge is 0.378 e. The summed E-state index contributed by atoms with van der Waals surface area (Å²) >= 11 is 0. The van der Waals surface area contributed by atoms with Crippen molar-refractivity contribution < 1.29 is 4.74 Å². The van der Waals surface area contributed by atoms with Crippen molar-refractivity contribution in [3.63, 3.8) is 0 Å². The van der Waals surface area contributed by atoms with Gasteiger partial charge in [0.15, 0.2) is 0 Å². The van der Waals surface area contributed by atoms with Gasteiger partial charge in [0.05, 0.1) is 13.2 Å². The first kappa shape index (κ1) is 11.9. The minimum Gasteiger partial charge on any atom is -0.378 e. The number of morpholine rings is 1. The monoisotopic (exact) mass is 247 g/mol. The number of aromatic nitrogens is 1. The number of hydrogen-bond acceptors (Lipinski definition) is 4. The van der Waals surface area contributed by atoms with Gasteiger partial charge in [0.25, 0.3) is 0 Å². The lowest BCUT2D eigenvalue weighted by Crippen LogP contribution is -2.36. The average molecular weight is 247 g/mol. The molecule has 0 radical (unpaired) electrons. The molecule has 0 aliphatic carbocycles. The van der Waals surface area contributed by atoms with Crippen molar-refractivity contribution in [2.45, 2.75) is 18.8 Å². The van der Waals surface area contributed by atoms with Crippen LogP contribution in [0.15, 0.2) is 18.3 Å². The lowest BCUT2D eigenvalue weighted by Gasteiger charge is -2.30. The van der Waals surface area contributed by atoms with E-state index in [1.54, 1.807) is 0 Å². The highest BCUT2D eigenvalue weighted by Crippen LogP contribution is 2.26. The Balaban J connectivity index is 1.75. The molecule has 0 aromatic carbocycles. The van der Waals surface area contributed by atoms with Crippen molar-refractivity contribution in [1.29, 1.82) is 0 Å². The molecule has 2 aliphatic heterocycles. The standard InChI is InChI=1S/C14H21N3O/c1-4-15-5-2-12(1)14-11-13(3-6-16-14)17-7-9-18-10-8-17/h3,6,11-12,15H,1-2,4-5,7-10H2. The van der Waals surface area contributed by atoms with Crippen LogP contribution in [0.25, 0.3) is 0 Å². The van der Waals surface area contributed by atoms with Crippen LogP contribution in [0.1, 0.15) is 24.5 Å². The Morgan fingerprint density at radius 3 is 2.78 bits per heavy atom.